The first-order valence-electron chi connectivity index (χ1n) is 7.69. The number of hydrogen-bond donors (Lipinski definition) is 1. The number of rotatable bonds is 6. The van der Waals surface area contributed by atoms with Crippen molar-refractivity contribution in [3.63, 3.8) is 0 Å². The molecule has 130 valence electrons. The minimum Gasteiger partial charge on any atom is -0.507 e. The van der Waals surface area contributed by atoms with E-state index in [0.29, 0.717) is 5.56 Å². The first-order chi connectivity index (χ1) is 11.9. The van der Waals surface area contributed by atoms with Crippen molar-refractivity contribution in [1.82, 2.24) is 4.90 Å². The van der Waals surface area contributed by atoms with E-state index < -0.39 is 11.6 Å². The Bertz CT molecular complexity index is 793. The molecule has 0 aliphatic rings. The van der Waals surface area contributed by atoms with Crippen LogP contribution in [0.4, 0.5) is 4.39 Å². The van der Waals surface area contributed by atoms with Gasteiger partial charge in [0.1, 0.15) is 11.6 Å². The van der Waals surface area contributed by atoms with Crippen LogP contribution in [0.3, 0.4) is 0 Å². The summed E-state index contributed by atoms with van der Waals surface area (Å²) in [6, 6.07) is 13.0. The molecular formula is C20H19ClFNO2. The zero-order chi connectivity index (χ0) is 18.4. The molecular weight excluding hydrogens is 341 g/mol. The molecule has 2 aromatic rings. The van der Waals surface area contributed by atoms with Gasteiger partial charge in [-0.25, -0.2) is 4.39 Å². The van der Waals surface area contributed by atoms with Crippen molar-refractivity contribution in [3.8, 4) is 0 Å². The predicted octanol–water partition coefficient (Wildman–Crippen LogP) is 4.64. The van der Waals surface area contributed by atoms with Crippen LogP contribution in [0.2, 0.25) is 5.02 Å². The second kappa shape index (κ2) is 8.49. The normalized spacial score (nSPS) is 12.2. The predicted molar refractivity (Wildman–Crippen MR) is 98.9 cm³/mol. The van der Waals surface area contributed by atoms with E-state index in [1.165, 1.54) is 18.2 Å². The van der Waals surface area contributed by atoms with E-state index in [0.717, 1.165) is 0 Å². The van der Waals surface area contributed by atoms with Gasteiger partial charge in [0.25, 0.3) is 0 Å². The molecule has 0 amide bonds. The summed E-state index contributed by atoms with van der Waals surface area (Å²) in [7, 11) is 3.55. The van der Waals surface area contributed by atoms with Crippen molar-refractivity contribution in [2.75, 3.05) is 14.1 Å². The van der Waals surface area contributed by atoms with E-state index in [9.17, 15) is 14.3 Å². The number of hydrogen-bond acceptors (Lipinski definition) is 3. The molecule has 0 fully saturated rings. The van der Waals surface area contributed by atoms with Gasteiger partial charge in [-0.15, -0.1) is 0 Å². The molecule has 25 heavy (non-hydrogen) atoms. The minimum atomic E-state index is -0.518. The lowest BCUT2D eigenvalue weighted by molar-refractivity contribution is -0.111. The van der Waals surface area contributed by atoms with E-state index in [-0.39, 0.29) is 28.3 Å². The van der Waals surface area contributed by atoms with Crippen molar-refractivity contribution in [1.29, 1.82) is 0 Å². The number of carbonyl (C=O) groups is 1. The molecule has 0 saturated carbocycles. The number of carbonyl (C=O) groups excluding carboxylic acids is 1. The Morgan fingerprint density at radius 3 is 2.44 bits per heavy atom. The molecule has 0 saturated heterocycles. The molecule has 0 aromatic heterocycles. The summed E-state index contributed by atoms with van der Waals surface area (Å²) in [4.78, 5) is 14.3. The van der Waals surface area contributed by atoms with Gasteiger partial charge in [0.2, 0.25) is 0 Å². The zero-order valence-corrected chi connectivity index (χ0v) is 14.8. The van der Waals surface area contributed by atoms with Crippen LogP contribution in [0.25, 0.3) is 5.76 Å². The summed E-state index contributed by atoms with van der Waals surface area (Å²) >= 11 is 6.07. The molecule has 1 N–H and O–H groups in total. The molecule has 0 radical (unpaired) electrons. The summed E-state index contributed by atoms with van der Waals surface area (Å²) in [5, 5.41) is 10.8. The van der Waals surface area contributed by atoms with E-state index in [1.54, 1.807) is 61.6 Å². The lowest BCUT2D eigenvalue weighted by Gasteiger charge is -2.12. The highest BCUT2D eigenvalue weighted by atomic mass is 35.5. The fraction of sp³-hybridized carbons (Fsp3) is 0.150. The maximum atomic E-state index is 14.1. The summed E-state index contributed by atoms with van der Waals surface area (Å²) in [5.41, 5.74) is 0.737. The van der Waals surface area contributed by atoms with Crippen molar-refractivity contribution >= 4 is 23.1 Å². The van der Waals surface area contributed by atoms with Crippen LogP contribution in [-0.2, 0) is 11.2 Å². The van der Waals surface area contributed by atoms with Gasteiger partial charge < -0.3 is 10.0 Å². The van der Waals surface area contributed by atoms with Gasteiger partial charge in [-0.2, -0.15) is 0 Å². The van der Waals surface area contributed by atoms with Gasteiger partial charge in [-0.3, -0.25) is 4.79 Å². The average Bonchev–Trinajstić information content (AvgIpc) is 2.59. The van der Waals surface area contributed by atoms with Crippen molar-refractivity contribution < 1.29 is 14.3 Å². The van der Waals surface area contributed by atoms with Crippen LogP contribution in [0.15, 0.2) is 66.4 Å². The highest BCUT2D eigenvalue weighted by Gasteiger charge is 2.19. The number of aliphatic hydroxyl groups excluding tert-OH is 1. The monoisotopic (exact) mass is 359 g/mol. The zero-order valence-electron chi connectivity index (χ0n) is 14.0. The lowest BCUT2D eigenvalue weighted by atomic mass is 9.97. The number of aliphatic hydroxyl groups is 1. The maximum Gasteiger partial charge on any atom is 0.187 e. The van der Waals surface area contributed by atoms with Crippen LogP contribution < -0.4 is 0 Å². The van der Waals surface area contributed by atoms with Crippen LogP contribution >= 0.6 is 11.6 Å². The lowest BCUT2D eigenvalue weighted by Crippen LogP contribution is -2.10. The third-order valence-electron chi connectivity index (χ3n) is 3.57. The third-order valence-corrected chi connectivity index (χ3v) is 3.92. The van der Waals surface area contributed by atoms with Gasteiger partial charge in [0.05, 0.1) is 0 Å². The smallest absolute Gasteiger partial charge is 0.187 e. The molecule has 0 heterocycles. The number of ketones is 1. The second-order valence-electron chi connectivity index (χ2n) is 5.71. The van der Waals surface area contributed by atoms with Crippen LogP contribution in [0.5, 0.6) is 0 Å². The molecule has 0 spiro atoms. The van der Waals surface area contributed by atoms with Crippen LogP contribution in [0, 0.1) is 5.82 Å². The highest BCUT2D eigenvalue weighted by Crippen LogP contribution is 2.26. The molecule has 5 heteroatoms. The molecule has 0 bridgehead atoms. The molecule has 0 aliphatic heterocycles. The topological polar surface area (TPSA) is 40.5 Å². The Morgan fingerprint density at radius 1 is 1.16 bits per heavy atom. The highest BCUT2D eigenvalue weighted by molar-refractivity contribution is 6.31. The largest absolute Gasteiger partial charge is 0.507 e. The van der Waals surface area contributed by atoms with Crippen molar-refractivity contribution in [2.45, 2.75) is 6.42 Å². The summed E-state index contributed by atoms with van der Waals surface area (Å²) < 4.78 is 14.1. The van der Waals surface area contributed by atoms with Crippen molar-refractivity contribution in [2.24, 2.45) is 0 Å². The Hall–Kier alpha value is -2.59. The van der Waals surface area contributed by atoms with Crippen LogP contribution in [-0.4, -0.2) is 29.9 Å². The SMILES string of the molecule is CN(C)/C=C/C(=O)C(Cc1c(F)cccc1Cl)=C(O)c1ccccc1. The maximum absolute atomic E-state index is 14.1. The Labute approximate surface area is 151 Å². The number of halogens is 2. The number of nitrogens with zero attached hydrogens (tertiary/aromatic N) is 1. The molecule has 3 nitrogen and oxygen atoms in total. The second-order valence-corrected chi connectivity index (χ2v) is 6.12. The first-order valence-corrected chi connectivity index (χ1v) is 8.07. The Kier molecular flexibility index (Phi) is 6.37. The fourth-order valence-corrected chi connectivity index (χ4v) is 2.48. The average molecular weight is 360 g/mol. The van der Waals surface area contributed by atoms with E-state index in [1.807, 2.05) is 0 Å². The standard InChI is InChI=1S/C20H19ClFNO2/c1-23(2)12-11-19(24)16(20(25)14-7-4-3-5-8-14)13-15-17(21)9-6-10-18(15)22/h3-12,25H,13H2,1-2H3/b12-11+,20-16?. The van der Waals surface area contributed by atoms with Gasteiger partial charge in [-0.1, -0.05) is 48.0 Å². The third kappa shape index (κ3) is 4.94. The summed E-state index contributed by atoms with van der Waals surface area (Å²) in [5.74, 6) is -1.11. The molecule has 2 aromatic carbocycles. The number of allylic oxidation sites excluding steroid dienone is 2. The molecule has 0 aliphatic carbocycles. The first kappa shape index (κ1) is 18.7. The fourth-order valence-electron chi connectivity index (χ4n) is 2.25. The Morgan fingerprint density at radius 2 is 1.84 bits per heavy atom. The van der Waals surface area contributed by atoms with E-state index in [4.69, 9.17) is 11.6 Å². The molecule has 0 unspecified atom stereocenters. The van der Waals surface area contributed by atoms with E-state index >= 15 is 0 Å². The van der Waals surface area contributed by atoms with Gasteiger partial charge >= 0.3 is 0 Å². The van der Waals surface area contributed by atoms with Gasteiger partial charge in [-0.05, 0) is 12.1 Å². The molecule has 2 rings (SSSR count). The number of benzene rings is 2. The van der Waals surface area contributed by atoms with Gasteiger partial charge in [0, 0.05) is 54.5 Å². The van der Waals surface area contributed by atoms with E-state index in [2.05, 4.69) is 0 Å². The quantitative estimate of drug-likeness (QED) is 0.603. The summed E-state index contributed by atoms with van der Waals surface area (Å²) in [6.07, 6.45) is 2.80. The summed E-state index contributed by atoms with van der Waals surface area (Å²) in [6.45, 7) is 0. The van der Waals surface area contributed by atoms with Gasteiger partial charge in [0.15, 0.2) is 5.78 Å². The molecule has 0 atom stereocenters. The van der Waals surface area contributed by atoms with Crippen molar-refractivity contribution in [3.05, 3.63) is 88.3 Å². The minimum absolute atomic E-state index is 0.0799. The van der Waals surface area contributed by atoms with Crippen LogP contribution in [0.1, 0.15) is 11.1 Å². The Balaban J connectivity index is 2.51.